The van der Waals surface area contributed by atoms with Gasteiger partial charge in [0, 0.05) is 0 Å². The van der Waals surface area contributed by atoms with E-state index in [2.05, 4.69) is 71.1 Å². The maximum Gasteiger partial charge on any atom is 0.338 e. The lowest BCUT2D eigenvalue weighted by Crippen LogP contribution is -2.47. The van der Waals surface area contributed by atoms with Crippen molar-refractivity contribution in [2.45, 2.75) is 111 Å². The third-order valence-corrected chi connectivity index (χ3v) is 12.5. The summed E-state index contributed by atoms with van der Waals surface area (Å²) in [6.45, 7) is 19.4. The van der Waals surface area contributed by atoms with Crippen LogP contribution < -0.4 is 4.43 Å². The quantitative estimate of drug-likeness (QED) is 0.146. The number of rotatable bonds is 13. The molecular weight excluding hydrogens is 486 g/mol. The summed E-state index contributed by atoms with van der Waals surface area (Å²) in [6, 6.07) is 18.6. The highest BCUT2D eigenvalue weighted by Crippen LogP contribution is 2.44. The van der Waals surface area contributed by atoms with Crippen LogP contribution in [0, 0.1) is 23.2 Å². The van der Waals surface area contributed by atoms with E-state index in [0.29, 0.717) is 17.9 Å². The molecule has 5 heteroatoms. The number of carbonyl (C=O) groups excluding carboxylic acids is 1. The monoisotopic (exact) mass is 535 g/mol. The molecule has 0 heterocycles. The number of nitrogens with zero attached hydrogens (tertiary/aromatic N) is 1. The minimum absolute atomic E-state index is 0.0126. The van der Waals surface area contributed by atoms with Gasteiger partial charge in [0.05, 0.1) is 17.6 Å². The molecule has 0 aliphatic heterocycles. The number of ether oxygens (including phenoxy) is 1. The molecule has 0 amide bonds. The topological polar surface area (TPSA) is 59.3 Å². The molecule has 0 aliphatic carbocycles. The second-order valence-corrected chi connectivity index (χ2v) is 17.5. The van der Waals surface area contributed by atoms with E-state index >= 15 is 0 Å². The van der Waals surface area contributed by atoms with Crippen molar-refractivity contribution < 1.29 is 14.0 Å². The summed E-state index contributed by atoms with van der Waals surface area (Å²) in [4.78, 5) is 12.2. The van der Waals surface area contributed by atoms with Gasteiger partial charge in [-0.1, -0.05) is 64.8 Å². The van der Waals surface area contributed by atoms with E-state index in [1.54, 1.807) is 12.1 Å². The average molecular weight is 536 g/mol. The largest absolute Gasteiger partial charge is 0.543 e. The van der Waals surface area contributed by atoms with Gasteiger partial charge in [-0.05, 0) is 106 Å². The highest BCUT2D eigenvalue weighted by molar-refractivity contribution is 6.74. The van der Waals surface area contributed by atoms with Crippen LogP contribution in [0.3, 0.4) is 0 Å². The first kappa shape index (κ1) is 31.6. The summed E-state index contributed by atoms with van der Waals surface area (Å²) in [5, 5.41) is 9.84. The Bertz CT molecular complexity index is 1060. The molecule has 1 atom stereocenters. The lowest BCUT2D eigenvalue weighted by Gasteiger charge is -2.42. The predicted octanol–water partition coefficient (Wildman–Crippen LogP) is 9.15. The van der Waals surface area contributed by atoms with Gasteiger partial charge < -0.3 is 9.16 Å². The van der Waals surface area contributed by atoms with Crippen LogP contribution in [0.25, 0.3) is 0 Å². The maximum atomic E-state index is 12.2. The van der Waals surface area contributed by atoms with Crippen LogP contribution >= 0.6 is 0 Å². The molecule has 2 aromatic carbocycles. The first-order valence-corrected chi connectivity index (χ1v) is 17.1. The average Bonchev–Trinajstić information content (AvgIpc) is 2.83. The van der Waals surface area contributed by atoms with Gasteiger partial charge >= 0.3 is 5.97 Å². The van der Waals surface area contributed by atoms with E-state index < -0.39 is 13.9 Å². The van der Waals surface area contributed by atoms with Crippen molar-refractivity contribution in [2.75, 3.05) is 0 Å². The van der Waals surface area contributed by atoms with Crippen LogP contribution in [0.2, 0.25) is 18.1 Å². The smallest absolute Gasteiger partial charge is 0.338 e. The second kappa shape index (κ2) is 13.5. The van der Waals surface area contributed by atoms with Crippen molar-refractivity contribution in [3.8, 4) is 11.8 Å². The van der Waals surface area contributed by atoms with Crippen LogP contribution in [-0.4, -0.2) is 19.9 Å². The first-order valence-electron chi connectivity index (χ1n) is 14.1. The lowest BCUT2D eigenvalue weighted by atomic mass is 9.94. The fraction of sp³-hybridized carbons (Fsp3) is 0.576. The Morgan fingerprint density at radius 1 is 0.895 bits per heavy atom. The van der Waals surface area contributed by atoms with Crippen molar-refractivity contribution in [3.05, 3.63) is 65.2 Å². The first-order chi connectivity index (χ1) is 17.6. The third-order valence-electron chi connectivity index (χ3n) is 8.06. The maximum absolute atomic E-state index is 12.2. The van der Waals surface area contributed by atoms with Crippen molar-refractivity contribution in [3.63, 3.8) is 0 Å². The van der Waals surface area contributed by atoms with E-state index in [1.807, 2.05) is 32.9 Å². The number of esters is 1. The van der Waals surface area contributed by atoms with Gasteiger partial charge in [0.1, 0.15) is 11.4 Å². The summed E-state index contributed by atoms with van der Waals surface area (Å²) in [6.07, 6.45) is 5.91. The minimum Gasteiger partial charge on any atom is -0.543 e. The fourth-order valence-corrected chi connectivity index (χ4v) is 6.73. The van der Waals surface area contributed by atoms with Gasteiger partial charge in [0.2, 0.25) is 0 Å². The summed E-state index contributed by atoms with van der Waals surface area (Å²) in [7, 11) is -1.89. The van der Waals surface area contributed by atoms with E-state index in [-0.39, 0.29) is 16.9 Å². The number of carbonyl (C=O) groups is 1. The molecule has 0 radical (unpaired) electrons. The molecule has 208 valence electrons. The van der Waals surface area contributed by atoms with E-state index in [4.69, 9.17) is 9.16 Å². The summed E-state index contributed by atoms with van der Waals surface area (Å²) < 4.78 is 12.0. The molecular formula is C33H49NO3Si. The van der Waals surface area contributed by atoms with Crippen LogP contribution in [0.1, 0.15) is 95.6 Å². The van der Waals surface area contributed by atoms with Gasteiger partial charge in [-0.25, -0.2) is 4.79 Å². The number of nitriles is 1. The van der Waals surface area contributed by atoms with Crippen LogP contribution in [0.5, 0.6) is 5.75 Å². The van der Waals surface area contributed by atoms with Gasteiger partial charge in [-0.3, -0.25) is 0 Å². The van der Waals surface area contributed by atoms with E-state index in [9.17, 15) is 10.1 Å². The molecule has 38 heavy (non-hydrogen) atoms. The van der Waals surface area contributed by atoms with E-state index in [0.717, 1.165) is 43.4 Å². The van der Waals surface area contributed by atoms with Gasteiger partial charge in [0.25, 0.3) is 8.32 Å². The Morgan fingerprint density at radius 2 is 1.47 bits per heavy atom. The molecule has 0 saturated heterocycles. The molecule has 0 aromatic heterocycles. The molecule has 0 unspecified atom stereocenters. The highest BCUT2D eigenvalue weighted by atomic mass is 28.4. The van der Waals surface area contributed by atoms with Gasteiger partial charge in [-0.2, -0.15) is 5.26 Å². The van der Waals surface area contributed by atoms with Crippen LogP contribution in [-0.2, 0) is 17.6 Å². The zero-order valence-corrected chi connectivity index (χ0v) is 26.2. The Hall–Kier alpha value is -2.58. The molecule has 0 bridgehead atoms. The second-order valence-electron chi connectivity index (χ2n) is 13.0. The van der Waals surface area contributed by atoms with Gasteiger partial charge in [-0.15, -0.1) is 0 Å². The van der Waals surface area contributed by atoms with Crippen molar-refractivity contribution in [1.29, 1.82) is 5.26 Å². The van der Waals surface area contributed by atoms with Crippen molar-refractivity contribution in [2.24, 2.45) is 11.8 Å². The number of aryl methyl sites for hydroxylation is 1. The molecule has 2 rings (SSSR count). The normalized spacial score (nSPS) is 13.2. The number of hydrogen-bond acceptors (Lipinski definition) is 4. The Balaban J connectivity index is 1.76. The molecule has 0 spiro atoms. The summed E-state index contributed by atoms with van der Waals surface area (Å²) in [5.41, 5.74) is 2.45. The minimum atomic E-state index is -1.89. The summed E-state index contributed by atoms with van der Waals surface area (Å²) in [5.74, 6) is 1.23. The number of unbranched alkanes of at least 4 members (excludes halogenated alkanes) is 2. The van der Waals surface area contributed by atoms with Gasteiger partial charge in [0.15, 0.2) is 0 Å². The predicted molar refractivity (Wildman–Crippen MR) is 160 cm³/mol. The lowest BCUT2D eigenvalue weighted by molar-refractivity contribution is 0.00695. The Kier molecular flexibility index (Phi) is 11.2. The molecule has 4 nitrogen and oxygen atoms in total. The highest BCUT2D eigenvalue weighted by Gasteiger charge is 2.44. The molecule has 2 aromatic rings. The van der Waals surface area contributed by atoms with Crippen molar-refractivity contribution >= 4 is 14.3 Å². The standard InChI is InChI=1S/C33H49NO3Si/c1-25(2)33(6,7)38(8,9)37-30-21-17-26(18-22-30)13-11-10-12-14-28(24-34)23-27-15-19-29(20-16-27)31(35)36-32(3,4)5/h15-22,25,28H,10-14,23H2,1-9H3/t28-/m0/s1. The third kappa shape index (κ3) is 9.62. The zero-order chi connectivity index (χ0) is 28.6. The zero-order valence-electron chi connectivity index (χ0n) is 25.2. The van der Waals surface area contributed by atoms with Crippen LogP contribution in [0.15, 0.2) is 48.5 Å². The van der Waals surface area contributed by atoms with Crippen LogP contribution in [0.4, 0.5) is 0 Å². The molecule has 0 aliphatic rings. The molecule has 0 saturated carbocycles. The van der Waals surface area contributed by atoms with E-state index in [1.165, 1.54) is 5.56 Å². The fourth-order valence-electron chi connectivity index (χ4n) is 4.35. The molecule has 0 fully saturated rings. The van der Waals surface area contributed by atoms with Crippen molar-refractivity contribution in [1.82, 2.24) is 0 Å². The summed E-state index contributed by atoms with van der Waals surface area (Å²) >= 11 is 0. The number of benzene rings is 2. The Labute approximate surface area is 232 Å². The SMILES string of the molecule is CC(C)C(C)(C)[Si](C)(C)Oc1ccc(CCCCC[C@H](C#N)Cc2ccc(C(=O)OC(C)(C)C)cc2)cc1. The Morgan fingerprint density at radius 3 is 2.00 bits per heavy atom. The molecule has 0 N–H and O–H groups in total. The number of hydrogen-bond donors (Lipinski definition) is 0.